The number of rotatable bonds is 4. The van der Waals surface area contributed by atoms with E-state index in [0.717, 1.165) is 11.1 Å². The van der Waals surface area contributed by atoms with Gasteiger partial charge in [0.05, 0.1) is 11.7 Å². The number of fused-ring (bicyclic) bond motifs is 1. The van der Waals surface area contributed by atoms with E-state index in [0.29, 0.717) is 21.8 Å². The van der Waals surface area contributed by atoms with E-state index in [4.69, 9.17) is 4.52 Å². The van der Waals surface area contributed by atoms with Crippen LogP contribution >= 0.6 is 11.3 Å². The average Bonchev–Trinajstić information content (AvgIpc) is 3.25. The van der Waals surface area contributed by atoms with Crippen LogP contribution in [0.5, 0.6) is 0 Å². The first-order valence-electron chi connectivity index (χ1n) is 7.87. The van der Waals surface area contributed by atoms with E-state index in [9.17, 15) is 9.59 Å². The summed E-state index contributed by atoms with van der Waals surface area (Å²) in [5, 5.41) is 8.74. The van der Waals surface area contributed by atoms with E-state index in [2.05, 4.69) is 15.5 Å². The summed E-state index contributed by atoms with van der Waals surface area (Å²) in [5.74, 6) is 0.527. The molecule has 0 saturated heterocycles. The number of anilines is 1. The van der Waals surface area contributed by atoms with Crippen LogP contribution in [0.25, 0.3) is 21.3 Å². The summed E-state index contributed by atoms with van der Waals surface area (Å²) in [6.45, 7) is 1.57. The molecule has 1 amide bonds. The summed E-state index contributed by atoms with van der Waals surface area (Å²) >= 11 is 1.41. The fraction of sp³-hybridized carbons (Fsp3) is 0.111. The number of benzene rings is 1. The SMILES string of the molecule is Cc1cc(NC(=O)Cn2cnc3scc(-c4ccccc4)c3c2=O)no1. The van der Waals surface area contributed by atoms with E-state index in [1.807, 2.05) is 35.7 Å². The van der Waals surface area contributed by atoms with Crippen LogP contribution in [0.4, 0.5) is 5.82 Å². The quantitative estimate of drug-likeness (QED) is 0.599. The van der Waals surface area contributed by atoms with Gasteiger partial charge in [0.15, 0.2) is 5.82 Å². The van der Waals surface area contributed by atoms with E-state index in [1.165, 1.54) is 22.2 Å². The number of aromatic nitrogens is 3. The zero-order chi connectivity index (χ0) is 18.1. The van der Waals surface area contributed by atoms with Crippen molar-refractivity contribution in [2.75, 3.05) is 5.32 Å². The summed E-state index contributed by atoms with van der Waals surface area (Å²) in [6.07, 6.45) is 1.39. The molecule has 0 unspecified atom stereocenters. The molecule has 1 aromatic carbocycles. The van der Waals surface area contributed by atoms with Crippen LogP contribution in [0.1, 0.15) is 5.76 Å². The minimum absolute atomic E-state index is 0.155. The molecule has 3 aromatic heterocycles. The predicted octanol–water partition coefficient (Wildman–Crippen LogP) is 3.06. The van der Waals surface area contributed by atoms with Crippen molar-refractivity contribution in [2.24, 2.45) is 0 Å². The van der Waals surface area contributed by atoms with Crippen LogP contribution in [0.3, 0.4) is 0 Å². The third-order valence-electron chi connectivity index (χ3n) is 3.85. The topological polar surface area (TPSA) is 90.0 Å². The first-order chi connectivity index (χ1) is 12.6. The van der Waals surface area contributed by atoms with Crippen LogP contribution in [-0.4, -0.2) is 20.6 Å². The maximum absolute atomic E-state index is 12.9. The fourth-order valence-electron chi connectivity index (χ4n) is 2.67. The number of carbonyl (C=O) groups excluding carboxylic acids is 1. The van der Waals surface area contributed by atoms with Crippen LogP contribution < -0.4 is 10.9 Å². The van der Waals surface area contributed by atoms with E-state index in [1.54, 1.807) is 13.0 Å². The Labute approximate surface area is 151 Å². The van der Waals surface area contributed by atoms with Gasteiger partial charge in [0.2, 0.25) is 5.91 Å². The van der Waals surface area contributed by atoms with Crippen molar-refractivity contribution in [2.45, 2.75) is 13.5 Å². The molecule has 4 rings (SSSR count). The van der Waals surface area contributed by atoms with Crippen molar-refractivity contribution in [3.63, 3.8) is 0 Å². The normalized spacial score (nSPS) is 11.0. The van der Waals surface area contributed by atoms with Crippen molar-refractivity contribution in [3.8, 4) is 11.1 Å². The molecule has 1 N–H and O–H groups in total. The second-order valence-electron chi connectivity index (χ2n) is 5.74. The minimum atomic E-state index is -0.377. The van der Waals surface area contributed by atoms with Gasteiger partial charge in [-0.05, 0) is 12.5 Å². The fourth-order valence-corrected chi connectivity index (χ4v) is 3.58. The molecule has 0 saturated carbocycles. The molecule has 0 aliphatic rings. The van der Waals surface area contributed by atoms with Gasteiger partial charge in [0.25, 0.3) is 5.56 Å². The molecule has 0 aliphatic heterocycles. The molecule has 0 aliphatic carbocycles. The monoisotopic (exact) mass is 366 g/mol. The Bertz CT molecular complexity index is 1140. The Hall–Kier alpha value is -3.26. The van der Waals surface area contributed by atoms with Crippen molar-refractivity contribution >= 4 is 33.3 Å². The molecule has 0 atom stereocenters. The lowest BCUT2D eigenvalue weighted by molar-refractivity contribution is -0.116. The third-order valence-corrected chi connectivity index (χ3v) is 4.74. The summed E-state index contributed by atoms with van der Waals surface area (Å²) in [4.78, 5) is 30.1. The highest BCUT2D eigenvalue weighted by molar-refractivity contribution is 7.17. The Morgan fingerprint density at radius 3 is 2.85 bits per heavy atom. The molecule has 130 valence electrons. The molecule has 8 heteroatoms. The Balaban J connectivity index is 1.67. The van der Waals surface area contributed by atoms with Crippen LogP contribution in [0.15, 0.2) is 57.4 Å². The Kier molecular flexibility index (Phi) is 4.10. The molecule has 0 spiro atoms. The number of hydrogen-bond donors (Lipinski definition) is 1. The Morgan fingerprint density at radius 1 is 1.31 bits per heavy atom. The van der Waals surface area contributed by atoms with Gasteiger partial charge in [-0.15, -0.1) is 11.3 Å². The summed E-state index contributed by atoms with van der Waals surface area (Å²) in [5.41, 5.74) is 1.52. The Morgan fingerprint density at radius 2 is 2.12 bits per heavy atom. The number of nitrogens with one attached hydrogen (secondary N) is 1. The van der Waals surface area contributed by atoms with Crippen LogP contribution in [0, 0.1) is 6.92 Å². The number of nitrogens with zero attached hydrogens (tertiary/aromatic N) is 3. The number of carbonyl (C=O) groups is 1. The maximum Gasteiger partial charge on any atom is 0.263 e. The lowest BCUT2D eigenvalue weighted by atomic mass is 10.1. The second-order valence-corrected chi connectivity index (χ2v) is 6.60. The zero-order valence-corrected chi connectivity index (χ0v) is 14.6. The van der Waals surface area contributed by atoms with Crippen LogP contribution in [-0.2, 0) is 11.3 Å². The van der Waals surface area contributed by atoms with E-state index < -0.39 is 0 Å². The second kappa shape index (κ2) is 6.57. The first kappa shape index (κ1) is 16.2. The minimum Gasteiger partial charge on any atom is -0.360 e. The highest BCUT2D eigenvalue weighted by atomic mass is 32.1. The number of aryl methyl sites for hydroxylation is 1. The van der Waals surface area contributed by atoms with Gasteiger partial charge < -0.3 is 9.84 Å². The van der Waals surface area contributed by atoms with Crippen LogP contribution in [0.2, 0.25) is 0 Å². The summed E-state index contributed by atoms with van der Waals surface area (Å²) in [7, 11) is 0. The first-order valence-corrected chi connectivity index (χ1v) is 8.75. The van der Waals surface area contributed by atoms with Gasteiger partial charge in [-0.25, -0.2) is 4.98 Å². The van der Waals surface area contributed by atoms with Gasteiger partial charge in [0.1, 0.15) is 17.1 Å². The van der Waals surface area contributed by atoms with Gasteiger partial charge in [-0.2, -0.15) is 0 Å². The molecule has 7 nitrogen and oxygen atoms in total. The van der Waals surface area contributed by atoms with Gasteiger partial charge in [-0.1, -0.05) is 35.5 Å². The molecule has 0 bridgehead atoms. The van der Waals surface area contributed by atoms with E-state index >= 15 is 0 Å². The van der Waals surface area contributed by atoms with E-state index in [-0.39, 0.29) is 18.0 Å². The molecular weight excluding hydrogens is 352 g/mol. The van der Waals surface area contributed by atoms with Gasteiger partial charge in [-0.3, -0.25) is 14.2 Å². The van der Waals surface area contributed by atoms with Crippen molar-refractivity contribution in [1.82, 2.24) is 14.7 Å². The predicted molar refractivity (Wildman–Crippen MR) is 99.2 cm³/mol. The number of amides is 1. The summed E-state index contributed by atoms with van der Waals surface area (Å²) in [6, 6.07) is 11.2. The molecule has 0 radical (unpaired) electrons. The number of hydrogen-bond acceptors (Lipinski definition) is 6. The van der Waals surface area contributed by atoms with Gasteiger partial charge >= 0.3 is 0 Å². The summed E-state index contributed by atoms with van der Waals surface area (Å²) < 4.78 is 6.20. The lowest BCUT2D eigenvalue weighted by Gasteiger charge is -2.06. The van der Waals surface area contributed by atoms with Crippen molar-refractivity contribution in [1.29, 1.82) is 0 Å². The standard InChI is InChI=1S/C18H14N4O3S/c1-11-7-14(21-25-11)20-15(23)8-22-10-19-17-16(18(22)24)13(9-26-17)12-5-3-2-4-6-12/h2-7,9-10H,8H2,1H3,(H,20,21,23). The van der Waals surface area contributed by atoms with Crippen molar-refractivity contribution in [3.05, 3.63) is 64.2 Å². The highest BCUT2D eigenvalue weighted by Crippen LogP contribution is 2.30. The molecule has 4 aromatic rings. The smallest absolute Gasteiger partial charge is 0.263 e. The highest BCUT2D eigenvalue weighted by Gasteiger charge is 2.15. The molecule has 26 heavy (non-hydrogen) atoms. The number of thiophene rings is 1. The zero-order valence-electron chi connectivity index (χ0n) is 13.8. The largest absolute Gasteiger partial charge is 0.360 e. The van der Waals surface area contributed by atoms with Gasteiger partial charge in [0, 0.05) is 17.0 Å². The average molecular weight is 366 g/mol. The lowest BCUT2D eigenvalue weighted by Crippen LogP contribution is -2.27. The maximum atomic E-state index is 12.9. The molecule has 0 fully saturated rings. The third kappa shape index (κ3) is 3.02. The van der Waals surface area contributed by atoms with Crippen molar-refractivity contribution < 1.29 is 9.32 Å². The molecular formula is C18H14N4O3S. The molecule has 3 heterocycles.